The zero-order valence-corrected chi connectivity index (χ0v) is 34.4. The van der Waals surface area contributed by atoms with Gasteiger partial charge in [-0.25, -0.2) is 0 Å². The lowest BCUT2D eigenvalue weighted by atomic mass is 9.83. The second-order valence-electron chi connectivity index (χ2n) is 15.9. The Morgan fingerprint density at radius 3 is 1.47 bits per heavy atom. The van der Waals surface area contributed by atoms with E-state index in [1.165, 1.54) is 85.5 Å². The van der Waals surface area contributed by atoms with Crippen LogP contribution in [-0.4, -0.2) is 0 Å². The minimum atomic E-state index is 0.638. The number of hydrogen-bond acceptors (Lipinski definition) is 3. The van der Waals surface area contributed by atoms with Crippen molar-refractivity contribution in [3.05, 3.63) is 224 Å². The highest BCUT2D eigenvalue weighted by molar-refractivity contribution is 7.25. The van der Waals surface area contributed by atoms with Crippen LogP contribution in [-0.2, 0) is 0 Å². The Kier molecular flexibility index (Phi) is 8.45. The molecule has 0 saturated carbocycles. The van der Waals surface area contributed by atoms with Crippen LogP contribution in [0.4, 0.5) is 17.1 Å². The molecule has 12 aromatic rings. The minimum Gasteiger partial charge on any atom is -0.310 e. The lowest BCUT2D eigenvalue weighted by molar-refractivity contribution is 1.29. The van der Waals surface area contributed by atoms with Gasteiger partial charge in [0.05, 0.1) is 11.6 Å². The van der Waals surface area contributed by atoms with Gasteiger partial charge in [0.15, 0.2) is 0 Å². The molecule has 11 aromatic carbocycles. The van der Waals surface area contributed by atoms with E-state index in [4.69, 9.17) is 0 Å². The summed E-state index contributed by atoms with van der Waals surface area (Å²) in [5.74, 6) is 0. The molecule has 2 nitrogen and oxygen atoms in total. The Morgan fingerprint density at radius 1 is 0.339 bits per heavy atom. The number of benzene rings is 11. The highest BCUT2D eigenvalue weighted by atomic mass is 32.1. The average Bonchev–Trinajstić information content (AvgIpc) is 3.71. The van der Waals surface area contributed by atoms with Crippen LogP contribution >= 0.6 is 11.3 Å². The van der Waals surface area contributed by atoms with Crippen molar-refractivity contribution in [2.24, 2.45) is 0 Å². The Hall–Kier alpha value is -8.03. The van der Waals surface area contributed by atoms with Crippen molar-refractivity contribution >= 4 is 91.7 Å². The van der Waals surface area contributed by atoms with Gasteiger partial charge in [-0.15, -0.1) is 11.3 Å². The molecule has 3 heteroatoms. The van der Waals surface area contributed by atoms with Gasteiger partial charge in [-0.05, 0) is 143 Å². The number of thiophene rings is 1. The van der Waals surface area contributed by atoms with E-state index in [0.29, 0.717) is 5.56 Å². The third-order valence-corrected chi connectivity index (χ3v) is 13.6. The molecule has 0 unspecified atom stereocenters. The van der Waals surface area contributed by atoms with Crippen LogP contribution in [0.1, 0.15) is 5.56 Å². The van der Waals surface area contributed by atoms with Crippen molar-refractivity contribution in [3.63, 3.8) is 0 Å². The molecule has 1 heterocycles. The maximum absolute atomic E-state index is 9.63. The molecular weight excluding hydrogens is 769 g/mol. The van der Waals surface area contributed by atoms with Gasteiger partial charge in [-0.1, -0.05) is 152 Å². The zero-order valence-electron chi connectivity index (χ0n) is 33.6. The van der Waals surface area contributed by atoms with Crippen molar-refractivity contribution in [3.8, 4) is 39.4 Å². The largest absolute Gasteiger partial charge is 0.310 e. The molecule has 0 aliphatic heterocycles. The van der Waals surface area contributed by atoms with Gasteiger partial charge >= 0.3 is 0 Å². The molecule has 12 rings (SSSR count). The Morgan fingerprint density at radius 2 is 0.823 bits per heavy atom. The molecule has 1 aromatic heterocycles. The molecule has 0 fully saturated rings. The summed E-state index contributed by atoms with van der Waals surface area (Å²) in [6, 6.07) is 81.3. The van der Waals surface area contributed by atoms with Crippen LogP contribution in [0.15, 0.2) is 218 Å². The van der Waals surface area contributed by atoms with Crippen molar-refractivity contribution in [2.75, 3.05) is 4.90 Å². The van der Waals surface area contributed by atoms with Crippen LogP contribution in [0.2, 0.25) is 0 Å². The van der Waals surface area contributed by atoms with E-state index in [0.717, 1.165) is 28.2 Å². The molecule has 0 amide bonds. The van der Waals surface area contributed by atoms with Gasteiger partial charge in [0, 0.05) is 37.2 Å². The summed E-state index contributed by atoms with van der Waals surface area (Å²) in [5, 5.41) is 22.0. The second kappa shape index (κ2) is 14.6. The molecule has 288 valence electrons. The molecule has 0 radical (unpaired) electrons. The Labute approximate surface area is 363 Å². The smallest absolute Gasteiger partial charge is 0.0991 e. The lowest BCUT2D eigenvalue weighted by Crippen LogP contribution is -2.09. The number of nitriles is 1. The molecule has 0 spiro atoms. The number of hydrogen-bond donors (Lipinski definition) is 0. The number of anilines is 3. The molecule has 0 bridgehead atoms. The van der Waals surface area contributed by atoms with E-state index in [9.17, 15) is 5.26 Å². The monoisotopic (exact) mass is 804 g/mol. The van der Waals surface area contributed by atoms with Crippen molar-refractivity contribution in [2.45, 2.75) is 0 Å². The van der Waals surface area contributed by atoms with Gasteiger partial charge in [0.2, 0.25) is 0 Å². The third kappa shape index (κ3) is 5.85. The quantitative estimate of drug-likeness (QED) is 0.157. The SMILES string of the molecule is N#Cc1ccc(N(c2ccc(-c3ccc4c(-c5cccc6ccccc56)c5ccccc5c(-c5cccc6ccccc56)c4c3)cc2)c2ccc3sc4ccccc4c3c2)cc1. The highest BCUT2D eigenvalue weighted by Crippen LogP contribution is 2.48. The summed E-state index contributed by atoms with van der Waals surface area (Å²) in [6.07, 6.45) is 0. The van der Waals surface area contributed by atoms with E-state index in [1.54, 1.807) is 0 Å². The summed E-state index contributed by atoms with van der Waals surface area (Å²) in [7, 11) is 0. The normalized spacial score (nSPS) is 11.5. The van der Waals surface area contributed by atoms with Gasteiger partial charge in [-0.3, -0.25) is 0 Å². The summed E-state index contributed by atoms with van der Waals surface area (Å²) < 4.78 is 2.55. The first-order valence-corrected chi connectivity index (χ1v) is 21.8. The molecule has 0 atom stereocenters. The third-order valence-electron chi connectivity index (χ3n) is 12.5. The molecule has 0 N–H and O–H groups in total. The molecule has 0 saturated heterocycles. The summed E-state index contributed by atoms with van der Waals surface area (Å²) >= 11 is 1.82. The van der Waals surface area contributed by atoms with Crippen molar-refractivity contribution in [1.82, 2.24) is 0 Å². The summed E-state index contributed by atoms with van der Waals surface area (Å²) in [4.78, 5) is 2.29. The van der Waals surface area contributed by atoms with E-state index in [-0.39, 0.29) is 0 Å². The second-order valence-corrected chi connectivity index (χ2v) is 17.0. The summed E-state index contributed by atoms with van der Waals surface area (Å²) in [5.41, 5.74) is 11.0. The fraction of sp³-hybridized carbons (Fsp3) is 0. The maximum Gasteiger partial charge on any atom is 0.0991 e. The topological polar surface area (TPSA) is 27.0 Å². The van der Waals surface area contributed by atoms with Crippen LogP contribution in [0.3, 0.4) is 0 Å². The van der Waals surface area contributed by atoms with Crippen molar-refractivity contribution in [1.29, 1.82) is 5.26 Å². The molecule has 0 aliphatic carbocycles. The van der Waals surface area contributed by atoms with Gasteiger partial charge < -0.3 is 4.90 Å². The zero-order chi connectivity index (χ0) is 41.1. The predicted octanol–water partition coefficient (Wildman–Crippen LogP) is 17.0. The molecule has 0 aliphatic rings. The number of rotatable bonds is 6. The first-order chi connectivity index (χ1) is 30.7. The van der Waals surface area contributed by atoms with E-state index >= 15 is 0 Å². The van der Waals surface area contributed by atoms with E-state index < -0.39 is 0 Å². The minimum absolute atomic E-state index is 0.638. The first kappa shape index (κ1) is 35.9. The number of fused-ring (bicyclic) bond motifs is 7. The maximum atomic E-state index is 9.63. The standard InChI is InChI=1S/C59H36N2S/c60-37-38-23-28-43(29-24-38)61(45-32-34-57-54(36-45)48-17-7-8-22-56(48)62-57)44-30-25-39(26-31-44)42-27-33-53-55(35-42)59(50-21-10-14-41-12-2-4-16-47(41)50)52-19-6-5-18-51(52)58(53)49-20-9-13-40-11-1-3-15-46(40)49/h1-36H. The number of nitrogens with zero attached hydrogens (tertiary/aromatic N) is 2. The van der Waals surface area contributed by atoms with Crippen LogP contribution < -0.4 is 4.90 Å². The first-order valence-electron chi connectivity index (χ1n) is 21.0. The van der Waals surface area contributed by atoms with Gasteiger partial charge in [0.25, 0.3) is 0 Å². The van der Waals surface area contributed by atoms with E-state index in [1.807, 2.05) is 35.6 Å². The van der Waals surface area contributed by atoms with Gasteiger partial charge in [0.1, 0.15) is 0 Å². The van der Waals surface area contributed by atoms with Crippen molar-refractivity contribution < 1.29 is 0 Å². The fourth-order valence-electron chi connectivity index (χ4n) is 9.61. The van der Waals surface area contributed by atoms with E-state index in [2.05, 4.69) is 205 Å². The molecule has 62 heavy (non-hydrogen) atoms. The van der Waals surface area contributed by atoms with Gasteiger partial charge in [-0.2, -0.15) is 5.26 Å². The van der Waals surface area contributed by atoms with Crippen LogP contribution in [0, 0.1) is 11.3 Å². The van der Waals surface area contributed by atoms with Crippen LogP contribution in [0.25, 0.3) is 96.6 Å². The lowest BCUT2D eigenvalue weighted by Gasteiger charge is -2.26. The average molecular weight is 805 g/mol. The predicted molar refractivity (Wildman–Crippen MR) is 265 cm³/mol. The fourth-order valence-corrected chi connectivity index (χ4v) is 10.7. The highest BCUT2D eigenvalue weighted by Gasteiger charge is 2.21. The summed E-state index contributed by atoms with van der Waals surface area (Å²) in [6.45, 7) is 0. The molecular formula is C59H36N2S. The van der Waals surface area contributed by atoms with Crippen LogP contribution in [0.5, 0.6) is 0 Å². The Bertz CT molecular complexity index is 3750. The Balaban J connectivity index is 1.06.